The van der Waals surface area contributed by atoms with Crippen LogP contribution in [-0.2, 0) is 9.47 Å². The molecule has 40 heavy (non-hydrogen) atoms. The third-order valence-corrected chi connectivity index (χ3v) is 7.40. The van der Waals surface area contributed by atoms with Crippen molar-refractivity contribution in [2.24, 2.45) is 0 Å². The Balaban J connectivity index is 1.55. The lowest BCUT2D eigenvalue weighted by atomic mass is 10.1. The maximum atomic E-state index is 14.3. The van der Waals surface area contributed by atoms with Gasteiger partial charge in [-0.3, -0.25) is 5.32 Å². The normalized spacial score (nSPS) is 16.8. The molecule has 2 heterocycles. The van der Waals surface area contributed by atoms with Crippen LogP contribution in [-0.4, -0.2) is 77.5 Å². The van der Waals surface area contributed by atoms with E-state index >= 15 is 0 Å². The number of likely N-dealkylation sites (N-methyl/N-ethyl adjacent to an activating group) is 1. The SMILES string of the molecule is CCOC(=O)c1cnn2c1PC(NC(C)c1cc(F)ccc1OC(C)CNCCN(C)C(=O)OC(C)(C)C)C=C2. The van der Waals surface area contributed by atoms with Gasteiger partial charge in [-0.15, -0.1) is 0 Å². The first-order valence-electron chi connectivity index (χ1n) is 13.4. The van der Waals surface area contributed by atoms with E-state index in [2.05, 4.69) is 15.7 Å². The Bertz CT molecular complexity index is 1200. The van der Waals surface area contributed by atoms with Gasteiger partial charge in [0.25, 0.3) is 0 Å². The van der Waals surface area contributed by atoms with E-state index in [0.717, 1.165) is 5.44 Å². The van der Waals surface area contributed by atoms with Crippen LogP contribution in [0.5, 0.6) is 5.75 Å². The van der Waals surface area contributed by atoms with Gasteiger partial charge in [-0.1, -0.05) is 0 Å². The summed E-state index contributed by atoms with van der Waals surface area (Å²) < 4.78 is 32.7. The number of hydrogen-bond acceptors (Lipinski definition) is 8. The van der Waals surface area contributed by atoms with E-state index in [1.165, 1.54) is 23.2 Å². The Morgan fingerprint density at radius 2 is 2.02 bits per heavy atom. The molecule has 2 N–H and O–H groups in total. The minimum absolute atomic E-state index is 0.0791. The molecule has 4 atom stereocenters. The number of carbonyl (C=O) groups is 2. The number of carbonyl (C=O) groups excluding carboxylic acids is 2. The molecular weight excluding hydrogens is 536 g/mol. The van der Waals surface area contributed by atoms with E-state index < -0.39 is 11.6 Å². The van der Waals surface area contributed by atoms with Gasteiger partial charge in [-0.05, 0) is 74.4 Å². The maximum Gasteiger partial charge on any atom is 0.410 e. The van der Waals surface area contributed by atoms with E-state index in [1.807, 2.05) is 46.9 Å². The number of nitrogens with one attached hydrogen (secondary N) is 2. The fourth-order valence-corrected chi connectivity index (χ4v) is 5.40. The molecule has 10 nitrogen and oxygen atoms in total. The van der Waals surface area contributed by atoms with Gasteiger partial charge >= 0.3 is 12.1 Å². The molecule has 1 amide bonds. The zero-order chi connectivity index (χ0) is 29.4. The van der Waals surface area contributed by atoms with Crippen molar-refractivity contribution < 1.29 is 28.2 Å². The quantitative estimate of drug-likeness (QED) is 0.222. The molecule has 0 spiro atoms. The van der Waals surface area contributed by atoms with Gasteiger partial charge < -0.3 is 24.4 Å². The van der Waals surface area contributed by atoms with E-state index in [9.17, 15) is 14.0 Å². The van der Waals surface area contributed by atoms with Crippen LogP contribution in [0.15, 0.2) is 30.5 Å². The third kappa shape index (κ3) is 9.01. The maximum absolute atomic E-state index is 14.3. The molecule has 0 saturated carbocycles. The smallest absolute Gasteiger partial charge is 0.410 e. The number of fused-ring (bicyclic) bond motifs is 1. The van der Waals surface area contributed by atoms with Crippen LogP contribution in [0.25, 0.3) is 6.20 Å². The number of hydrogen-bond donors (Lipinski definition) is 2. The zero-order valence-corrected chi connectivity index (χ0v) is 25.3. The summed E-state index contributed by atoms with van der Waals surface area (Å²) in [4.78, 5) is 25.9. The summed E-state index contributed by atoms with van der Waals surface area (Å²) in [6.45, 7) is 13.0. The first-order valence-corrected chi connectivity index (χ1v) is 14.5. The lowest BCUT2D eigenvalue weighted by molar-refractivity contribution is 0.0299. The van der Waals surface area contributed by atoms with E-state index in [0.29, 0.717) is 43.1 Å². The Morgan fingerprint density at radius 1 is 1.27 bits per heavy atom. The fourth-order valence-electron chi connectivity index (χ4n) is 4.00. The fraction of sp³-hybridized carbons (Fsp3) is 0.536. The number of amides is 1. The lowest BCUT2D eigenvalue weighted by Gasteiger charge is -2.26. The highest BCUT2D eigenvalue weighted by Crippen LogP contribution is 2.31. The van der Waals surface area contributed by atoms with Crippen molar-refractivity contribution in [2.45, 2.75) is 65.1 Å². The summed E-state index contributed by atoms with van der Waals surface area (Å²) in [7, 11) is 1.92. The van der Waals surface area contributed by atoms with Crippen LogP contribution in [0.1, 0.15) is 63.5 Å². The Morgan fingerprint density at radius 3 is 2.73 bits per heavy atom. The highest BCUT2D eigenvalue weighted by molar-refractivity contribution is 7.48. The van der Waals surface area contributed by atoms with E-state index in [4.69, 9.17) is 14.2 Å². The van der Waals surface area contributed by atoms with Crippen molar-refractivity contribution in [3.63, 3.8) is 0 Å². The second-order valence-corrected chi connectivity index (χ2v) is 12.0. The van der Waals surface area contributed by atoms with Crippen molar-refractivity contribution in [1.82, 2.24) is 25.3 Å². The molecule has 4 unspecified atom stereocenters. The molecular formula is C28H41FN5O5P. The standard InChI is InChI=1S/C28H41FN5O5P/c1-8-37-26(35)22-17-31-34-13-11-24(40-25(22)34)32-19(3)21-15-20(29)9-10-23(21)38-18(2)16-30-12-14-33(7)27(36)39-28(4,5)6/h9-11,13,15,17-19,24,30,32,40H,8,12,14,16H2,1-7H3. The highest BCUT2D eigenvalue weighted by atomic mass is 31.1. The lowest BCUT2D eigenvalue weighted by Crippen LogP contribution is -2.39. The highest BCUT2D eigenvalue weighted by Gasteiger charge is 2.25. The summed E-state index contributed by atoms with van der Waals surface area (Å²) >= 11 is 0. The molecule has 0 radical (unpaired) electrons. The van der Waals surface area contributed by atoms with Gasteiger partial charge in [0.15, 0.2) is 0 Å². The molecule has 2 aromatic rings. The summed E-state index contributed by atoms with van der Waals surface area (Å²) in [6.07, 6.45) is 4.74. The minimum atomic E-state index is -0.540. The van der Waals surface area contributed by atoms with Crippen LogP contribution < -0.4 is 20.8 Å². The predicted octanol–water partition coefficient (Wildman–Crippen LogP) is 3.89. The van der Waals surface area contributed by atoms with Gasteiger partial charge in [0.05, 0.1) is 24.0 Å². The van der Waals surface area contributed by atoms with Crippen molar-refractivity contribution >= 4 is 32.3 Å². The largest absolute Gasteiger partial charge is 0.489 e. The molecule has 0 bridgehead atoms. The molecule has 1 aromatic carbocycles. The van der Waals surface area contributed by atoms with Crippen molar-refractivity contribution in [3.05, 3.63) is 47.4 Å². The van der Waals surface area contributed by atoms with Gasteiger partial charge in [0, 0.05) is 44.5 Å². The number of halogens is 1. The molecule has 220 valence electrons. The van der Waals surface area contributed by atoms with Crippen LogP contribution in [0.2, 0.25) is 0 Å². The summed E-state index contributed by atoms with van der Waals surface area (Å²) in [6, 6.07) is 4.26. The number of rotatable bonds is 12. The van der Waals surface area contributed by atoms with Gasteiger partial charge in [0.2, 0.25) is 0 Å². The zero-order valence-electron chi connectivity index (χ0n) is 24.3. The van der Waals surface area contributed by atoms with Crippen LogP contribution in [0.3, 0.4) is 0 Å². The van der Waals surface area contributed by atoms with Crippen LogP contribution >= 0.6 is 8.58 Å². The number of nitrogens with zero attached hydrogens (tertiary/aromatic N) is 3. The average molecular weight is 578 g/mol. The first kappa shape index (κ1) is 31.5. The number of esters is 1. The Kier molecular flexibility index (Phi) is 11.1. The van der Waals surface area contributed by atoms with Crippen molar-refractivity contribution in [3.8, 4) is 5.75 Å². The molecule has 12 heteroatoms. The molecule has 3 rings (SSSR count). The summed E-state index contributed by atoms with van der Waals surface area (Å²) in [5.41, 5.74) is 1.40. The predicted molar refractivity (Wildman–Crippen MR) is 155 cm³/mol. The average Bonchev–Trinajstić information content (AvgIpc) is 3.30. The van der Waals surface area contributed by atoms with Crippen molar-refractivity contribution in [2.75, 3.05) is 33.3 Å². The van der Waals surface area contributed by atoms with Gasteiger partial charge in [-0.25, -0.2) is 18.7 Å². The number of ether oxygens (including phenoxy) is 3. The summed E-state index contributed by atoms with van der Waals surface area (Å²) in [5.74, 6) is -0.235. The molecule has 0 fully saturated rings. The van der Waals surface area contributed by atoms with Crippen LogP contribution in [0.4, 0.5) is 9.18 Å². The minimum Gasteiger partial charge on any atom is -0.489 e. The van der Waals surface area contributed by atoms with Gasteiger partial charge in [-0.2, -0.15) is 5.10 Å². The second kappa shape index (κ2) is 14.1. The van der Waals surface area contributed by atoms with E-state index in [-0.39, 0.29) is 38.4 Å². The third-order valence-electron chi connectivity index (χ3n) is 5.96. The van der Waals surface area contributed by atoms with Crippen molar-refractivity contribution in [1.29, 1.82) is 0 Å². The van der Waals surface area contributed by atoms with Gasteiger partial charge in [0.1, 0.15) is 28.8 Å². The first-order chi connectivity index (χ1) is 18.9. The number of benzene rings is 1. The Hall–Kier alpha value is -3.01. The topological polar surface area (TPSA) is 107 Å². The molecule has 0 aliphatic carbocycles. The summed E-state index contributed by atoms with van der Waals surface area (Å²) in [5, 5.41) is 11.1. The molecule has 1 aliphatic heterocycles. The Labute approximate surface area is 237 Å². The molecule has 1 aromatic heterocycles. The molecule has 1 aliphatic rings. The number of aromatic nitrogens is 2. The van der Waals surface area contributed by atoms with Crippen LogP contribution in [0, 0.1) is 5.82 Å². The molecule has 0 saturated heterocycles. The monoisotopic (exact) mass is 577 g/mol. The second-order valence-electron chi connectivity index (χ2n) is 10.6. The van der Waals surface area contributed by atoms with E-state index in [1.54, 1.807) is 24.7 Å².